The number of para-hydroxylation sites is 2. The maximum absolute atomic E-state index is 15.8. The number of hydrogen-bond acceptors (Lipinski definition) is 8. The van der Waals surface area contributed by atoms with Crippen LogP contribution in [0.3, 0.4) is 0 Å². The predicted molar refractivity (Wildman–Crippen MR) is 490 cm³/mol. The fourth-order valence-electron chi connectivity index (χ4n) is 17.1. The van der Waals surface area contributed by atoms with E-state index in [0.29, 0.717) is 62.5 Å². The average molecular weight is 1570 g/mol. The summed E-state index contributed by atoms with van der Waals surface area (Å²) in [5.41, 5.74) is 25.4. The molecule has 0 amide bonds. The summed E-state index contributed by atoms with van der Waals surface area (Å²) < 4.78 is 49.4. The molecule has 0 unspecified atom stereocenters. The van der Waals surface area contributed by atoms with Crippen LogP contribution in [0.1, 0.15) is 111 Å². The molecule has 13 heteroatoms. The Morgan fingerprint density at radius 1 is 0.242 bits per heavy atom. The summed E-state index contributed by atoms with van der Waals surface area (Å²) in [7, 11) is 0. The number of anilines is 6. The largest absolute Gasteiger partial charge is 0.416 e. The van der Waals surface area contributed by atoms with Crippen molar-refractivity contribution in [2.24, 2.45) is 0 Å². The second-order valence-corrected chi connectivity index (χ2v) is 36.0. The van der Waals surface area contributed by atoms with E-state index in [1.807, 2.05) is 127 Å². The second-order valence-electron chi connectivity index (χ2n) is 36.0. The van der Waals surface area contributed by atoms with E-state index in [9.17, 15) is 0 Å². The molecule has 2 aliphatic heterocycles. The molecular formula is C107H89BF3N9. The van der Waals surface area contributed by atoms with Gasteiger partial charge in [-0.15, -0.1) is 0 Å². The van der Waals surface area contributed by atoms with E-state index in [1.54, 1.807) is 6.07 Å². The van der Waals surface area contributed by atoms with E-state index in [2.05, 4.69) is 273 Å². The van der Waals surface area contributed by atoms with Crippen molar-refractivity contribution in [3.8, 4) is 107 Å². The molecule has 0 bridgehead atoms. The number of aromatic nitrogens is 7. The third kappa shape index (κ3) is 14.1. The van der Waals surface area contributed by atoms with E-state index in [0.717, 1.165) is 101 Å². The molecule has 0 saturated carbocycles. The average Bonchev–Trinajstić information content (AvgIpc) is 0.779. The van der Waals surface area contributed by atoms with Gasteiger partial charge in [0.1, 0.15) is 0 Å². The summed E-state index contributed by atoms with van der Waals surface area (Å²) in [4.78, 5) is 35.8. The SMILES string of the molecule is CC(C)(C)c1cc(-c2ccc3c(c2)N(c2ccccc2)c2cc(-c4ccc5c(c4)c4ccc(-c6nc(-c7ccccc7)nc(-c7ccccc7)n6)cc4n5-c4ccc(C(F)(F)F)cc4-c4nc(-c5ccccc5)nc(-c5ccccc5)n4)cc4c2B3c2ccc(-c3cc(C(C)(C)C)cc(C(C)(C)C)c3)cc2N4c2ccccc2)cc(C(C)(C)C)c1. The molecule has 0 aliphatic carbocycles. The zero-order valence-electron chi connectivity index (χ0n) is 69.3. The van der Waals surface area contributed by atoms with Crippen LogP contribution in [0.5, 0.6) is 0 Å². The second kappa shape index (κ2) is 29.2. The number of hydrogen-bond donors (Lipinski definition) is 0. The molecule has 2 aliphatic rings. The van der Waals surface area contributed by atoms with Gasteiger partial charge in [0.25, 0.3) is 6.71 Å². The monoisotopic (exact) mass is 1570 g/mol. The van der Waals surface area contributed by atoms with Crippen LogP contribution in [0, 0.1) is 0 Å². The van der Waals surface area contributed by atoms with Crippen LogP contribution in [-0.4, -0.2) is 41.2 Å². The van der Waals surface area contributed by atoms with Gasteiger partial charge < -0.3 is 14.4 Å². The van der Waals surface area contributed by atoms with Gasteiger partial charge in [-0.05, 0) is 179 Å². The van der Waals surface area contributed by atoms with Crippen molar-refractivity contribution in [2.75, 3.05) is 9.80 Å². The first-order chi connectivity index (χ1) is 57.6. The first-order valence-corrected chi connectivity index (χ1v) is 41.2. The number of halogens is 3. The van der Waals surface area contributed by atoms with Gasteiger partial charge in [-0.25, -0.2) is 29.9 Å². The van der Waals surface area contributed by atoms with Crippen LogP contribution in [0.4, 0.5) is 47.3 Å². The molecule has 0 spiro atoms. The highest BCUT2D eigenvalue weighted by molar-refractivity contribution is 7.00. The van der Waals surface area contributed by atoms with Gasteiger partial charge in [-0.1, -0.05) is 320 Å². The zero-order chi connectivity index (χ0) is 82.9. The molecule has 0 atom stereocenters. The summed E-state index contributed by atoms with van der Waals surface area (Å²) in [5, 5.41) is 1.66. The van der Waals surface area contributed by atoms with Crippen LogP contribution >= 0.6 is 0 Å². The van der Waals surface area contributed by atoms with Crippen LogP contribution < -0.4 is 26.2 Å². The Labute approximate surface area is 699 Å². The van der Waals surface area contributed by atoms with Crippen molar-refractivity contribution in [1.82, 2.24) is 34.5 Å². The number of benzene rings is 14. The lowest BCUT2D eigenvalue weighted by atomic mass is 9.33. The summed E-state index contributed by atoms with van der Waals surface area (Å²) in [6.07, 6.45) is -4.75. The Hall–Kier alpha value is -13.6. The standard InChI is InChI=1S/C107H89BF3N9/c1-103(2,3)78-53-74(54-79(63-78)104(4,5)6)71-44-49-87-92(58-71)118(82-39-27-17-28-40-82)94-61-76(62-95-96(94)108(87)88-50-45-72(59-93(88)119(95)83-41-29-18-30-42-83)75-55-80(105(7,8)9)64-81(56-75)106(10,11)12)70-46-51-89-85(57-70)84-48-43-73(101-114-97(66-31-19-13-20-32-66)112-98(115-101)67-33-21-14-22-34-67)60-91(84)120(89)90-52-47-77(107(109,110)111)65-86(90)102-116-99(68-35-23-15-24-36-68)113-100(117-102)69-37-25-16-26-38-69/h13-65H,1-12H3. The van der Waals surface area contributed by atoms with E-state index in [-0.39, 0.29) is 39.8 Å². The minimum absolute atomic E-state index is 0.0554. The zero-order valence-corrected chi connectivity index (χ0v) is 69.3. The molecule has 19 rings (SSSR count). The first-order valence-electron chi connectivity index (χ1n) is 41.2. The summed E-state index contributed by atoms with van der Waals surface area (Å²) in [6.45, 7) is 27.4. The highest BCUT2D eigenvalue weighted by atomic mass is 19.4. The molecule has 0 saturated heterocycles. The van der Waals surface area contributed by atoms with Crippen molar-refractivity contribution in [3.05, 3.63) is 349 Å². The lowest BCUT2D eigenvalue weighted by Gasteiger charge is -2.44. The Bertz CT molecular complexity index is 6490. The molecule has 14 aromatic carbocycles. The van der Waals surface area contributed by atoms with E-state index in [4.69, 9.17) is 29.9 Å². The summed E-state index contributed by atoms with van der Waals surface area (Å²) in [5.74, 6) is 2.03. The lowest BCUT2D eigenvalue weighted by molar-refractivity contribution is -0.137. The third-order valence-electron chi connectivity index (χ3n) is 23.7. The Kier molecular flexibility index (Phi) is 18.6. The normalized spacial score (nSPS) is 12.9. The molecular weight excluding hydrogens is 1480 g/mol. The van der Waals surface area contributed by atoms with Crippen LogP contribution in [0.25, 0.3) is 129 Å². The van der Waals surface area contributed by atoms with Crippen molar-refractivity contribution in [3.63, 3.8) is 0 Å². The maximum Gasteiger partial charge on any atom is 0.416 e. The van der Waals surface area contributed by atoms with Gasteiger partial charge in [0.2, 0.25) is 0 Å². The Morgan fingerprint density at radius 3 is 0.975 bits per heavy atom. The van der Waals surface area contributed by atoms with E-state index < -0.39 is 11.7 Å². The topological polar surface area (TPSA) is 88.8 Å². The molecule has 5 heterocycles. The maximum atomic E-state index is 15.8. The molecule has 3 aromatic heterocycles. The fourth-order valence-corrected chi connectivity index (χ4v) is 17.1. The van der Waals surface area contributed by atoms with Gasteiger partial charge in [0.05, 0.1) is 22.3 Å². The summed E-state index contributed by atoms with van der Waals surface area (Å²) >= 11 is 0. The third-order valence-corrected chi connectivity index (χ3v) is 23.7. The quantitative estimate of drug-likeness (QED) is 0.112. The number of alkyl halides is 3. The Morgan fingerprint density at radius 2 is 0.583 bits per heavy atom. The minimum Gasteiger partial charge on any atom is -0.311 e. The van der Waals surface area contributed by atoms with Gasteiger partial charge in [0.15, 0.2) is 34.9 Å². The van der Waals surface area contributed by atoms with Gasteiger partial charge in [-0.2, -0.15) is 13.2 Å². The van der Waals surface area contributed by atoms with Gasteiger partial charge >= 0.3 is 6.18 Å². The molecule has 0 N–H and O–H groups in total. The van der Waals surface area contributed by atoms with Crippen molar-refractivity contribution >= 4 is 79.0 Å². The van der Waals surface area contributed by atoms with Crippen LogP contribution in [0.2, 0.25) is 0 Å². The van der Waals surface area contributed by atoms with E-state index in [1.165, 1.54) is 39.2 Å². The fraction of sp³-hybridized carbons (Fsp3) is 0.159. The summed E-state index contributed by atoms with van der Waals surface area (Å²) in [6, 6.07) is 110. The molecule has 586 valence electrons. The lowest BCUT2D eigenvalue weighted by Crippen LogP contribution is -2.61. The number of fused-ring (bicyclic) bond motifs is 7. The smallest absolute Gasteiger partial charge is 0.311 e. The molecule has 0 fully saturated rings. The predicted octanol–water partition coefficient (Wildman–Crippen LogP) is 26.4. The van der Waals surface area contributed by atoms with E-state index >= 15 is 13.2 Å². The minimum atomic E-state index is -4.75. The number of nitrogens with zero attached hydrogens (tertiary/aromatic N) is 9. The van der Waals surface area contributed by atoms with Crippen LogP contribution in [-0.2, 0) is 27.8 Å². The Balaban J connectivity index is 0.893. The number of rotatable bonds is 12. The van der Waals surface area contributed by atoms with Crippen LogP contribution in [0.15, 0.2) is 322 Å². The molecule has 9 nitrogen and oxygen atoms in total. The first kappa shape index (κ1) is 76.3. The highest BCUT2D eigenvalue weighted by Crippen LogP contribution is 2.50. The molecule has 17 aromatic rings. The van der Waals surface area contributed by atoms with Gasteiger partial charge in [-0.3, -0.25) is 0 Å². The van der Waals surface area contributed by atoms with Crippen molar-refractivity contribution < 1.29 is 13.2 Å². The van der Waals surface area contributed by atoms with Gasteiger partial charge in [0, 0.05) is 78.3 Å². The van der Waals surface area contributed by atoms with Crippen molar-refractivity contribution in [1.29, 1.82) is 0 Å². The highest BCUT2D eigenvalue weighted by Gasteiger charge is 2.45. The molecule has 0 radical (unpaired) electrons. The van der Waals surface area contributed by atoms with Crippen molar-refractivity contribution in [2.45, 2.75) is 111 Å². The molecule has 120 heavy (non-hydrogen) atoms.